The van der Waals surface area contributed by atoms with E-state index in [1.54, 1.807) is 0 Å². The molecule has 0 amide bonds. The van der Waals surface area contributed by atoms with Gasteiger partial charge in [-0.25, -0.2) is 0 Å². The third-order valence-corrected chi connectivity index (χ3v) is 1.75. The summed E-state index contributed by atoms with van der Waals surface area (Å²) < 4.78 is 0. The minimum absolute atomic E-state index is 0.712. The van der Waals surface area contributed by atoms with Gasteiger partial charge in [-0.2, -0.15) is 0 Å². The Morgan fingerprint density at radius 1 is 1.50 bits per heavy atom. The van der Waals surface area contributed by atoms with Crippen LogP contribution in [0.5, 0.6) is 0 Å². The summed E-state index contributed by atoms with van der Waals surface area (Å²) in [6.07, 6.45) is 6.36. The van der Waals surface area contributed by atoms with Crippen LogP contribution in [0.25, 0.3) is 0 Å². The topological polar surface area (TPSA) is 12.0 Å². The fraction of sp³-hybridized carbons (Fsp3) is 0.857. The van der Waals surface area contributed by atoms with Gasteiger partial charge in [-0.05, 0) is 25.8 Å². The van der Waals surface area contributed by atoms with Crippen LogP contribution >= 0.6 is 0 Å². The summed E-state index contributed by atoms with van der Waals surface area (Å²) in [4.78, 5) is 0. The highest BCUT2D eigenvalue weighted by Crippen LogP contribution is 2.07. The predicted octanol–water partition coefficient (Wildman–Crippen LogP) is 1.35. The van der Waals surface area contributed by atoms with E-state index in [4.69, 9.17) is 0 Å². The maximum Gasteiger partial charge on any atom is 0.00958 e. The zero-order valence-electron chi connectivity index (χ0n) is 5.48. The molecular formula is C7H14N. The lowest BCUT2D eigenvalue weighted by Crippen LogP contribution is -2.33. The van der Waals surface area contributed by atoms with Gasteiger partial charge in [0, 0.05) is 6.04 Å². The van der Waals surface area contributed by atoms with Crippen LogP contribution < -0.4 is 5.32 Å². The number of nitrogens with one attached hydrogen (secondary N) is 1. The van der Waals surface area contributed by atoms with E-state index in [9.17, 15) is 0 Å². The third kappa shape index (κ3) is 1.48. The van der Waals surface area contributed by atoms with E-state index >= 15 is 0 Å². The van der Waals surface area contributed by atoms with Crippen molar-refractivity contribution in [2.45, 2.75) is 32.2 Å². The fourth-order valence-corrected chi connectivity index (χ4v) is 1.16. The average Bonchev–Trinajstić information content (AvgIpc) is 1.90. The summed E-state index contributed by atoms with van der Waals surface area (Å²) >= 11 is 0. The van der Waals surface area contributed by atoms with Crippen LogP contribution in [0.2, 0.25) is 0 Å². The van der Waals surface area contributed by atoms with Crippen molar-refractivity contribution in [3.8, 4) is 0 Å². The lowest BCUT2D eigenvalue weighted by molar-refractivity contribution is 0.436. The highest BCUT2D eigenvalue weighted by molar-refractivity contribution is 4.81. The quantitative estimate of drug-likeness (QED) is 0.540. The molecule has 1 rings (SSSR count). The van der Waals surface area contributed by atoms with Gasteiger partial charge in [0.1, 0.15) is 0 Å². The predicted molar refractivity (Wildman–Crippen MR) is 35.6 cm³/mol. The molecule has 1 nitrogen and oxygen atoms in total. The third-order valence-electron chi connectivity index (χ3n) is 1.75. The summed E-state index contributed by atoms with van der Waals surface area (Å²) in [5.74, 6) is 0. The van der Waals surface area contributed by atoms with E-state index in [0.717, 1.165) is 0 Å². The molecule has 0 aromatic rings. The molecule has 0 aromatic heterocycles. The Bertz CT molecular complexity index is 55.4. The Morgan fingerprint density at radius 3 is 2.75 bits per heavy atom. The molecule has 1 fully saturated rings. The zero-order valence-corrected chi connectivity index (χ0v) is 5.48. The molecule has 0 bridgehead atoms. The molecule has 1 saturated heterocycles. The first-order chi connectivity index (χ1) is 3.93. The van der Waals surface area contributed by atoms with Crippen molar-refractivity contribution in [2.75, 3.05) is 6.54 Å². The standard InChI is InChI=1S/C7H14N/c1-2-7-5-3-4-6-8-7/h2,7-8H,3-6H2,1H3. The molecule has 0 spiro atoms. The molecule has 1 heterocycles. The van der Waals surface area contributed by atoms with Crippen LogP contribution in [-0.4, -0.2) is 12.6 Å². The number of rotatable bonds is 1. The molecule has 1 atom stereocenters. The van der Waals surface area contributed by atoms with E-state index in [-0.39, 0.29) is 0 Å². The lowest BCUT2D eigenvalue weighted by atomic mass is 10.0. The molecule has 1 unspecified atom stereocenters. The largest absolute Gasteiger partial charge is 0.314 e. The number of hydrogen-bond acceptors (Lipinski definition) is 1. The molecule has 0 aromatic carbocycles. The van der Waals surface area contributed by atoms with E-state index in [0.29, 0.717) is 6.04 Å². The Hall–Kier alpha value is -0.0400. The molecule has 1 radical (unpaired) electrons. The van der Waals surface area contributed by atoms with Gasteiger partial charge in [0.05, 0.1) is 0 Å². The summed E-state index contributed by atoms with van der Waals surface area (Å²) in [6, 6.07) is 0.712. The molecule has 1 aliphatic heterocycles. The maximum atomic E-state index is 3.41. The number of hydrogen-bond donors (Lipinski definition) is 1. The maximum absolute atomic E-state index is 3.41. The van der Waals surface area contributed by atoms with E-state index in [1.807, 2.05) is 0 Å². The van der Waals surface area contributed by atoms with Gasteiger partial charge in [-0.3, -0.25) is 0 Å². The Morgan fingerprint density at radius 2 is 2.38 bits per heavy atom. The second kappa shape index (κ2) is 3.08. The first-order valence-electron chi connectivity index (χ1n) is 3.46. The van der Waals surface area contributed by atoms with Crippen LogP contribution in [0.15, 0.2) is 0 Å². The molecule has 8 heavy (non-hydrogen) atoms. The van der Waals surface area contributed by atoms with E-state index in [2.05, 4.69) is 18.7 Å². The monoisotopic (exact) mass is 112 g/mol. The highest BCUT2D eigenvalue weighted by atomic mass is 14.9. The van der Waals surface area contributed by atoms with Crippen molar-refractivity contribution < 1.29 is 0 Å². The van der Waals surface area contributed by atoms with Gasteiger partial charge in [0.25, 0.3) is 0 Å². The van der Waals surface area contributed by atoms with Gasteiger partial charge >= 0.3 is 0 Å². The number of piperidine rings is 1. The molecule has 0 saturated carbocycles. The highest BCUT2D eigenvalue weighted by Gasteiger charge is 2.08. The molecule has 47 valence electrons. The molecule has 1 aliphatic rings. The minimum atomic E-state index is 0.712. The van der Waals surface area contributed by atoms with Crippen molar-refractivity contribution in [2.24, 2.45) is 0 Å². The summed E-state index contributed by atoms with van der Waals surface area (Å²) in [5, 5.41) is 3.41. The van der Waals surface area contributed by atoms with Gasteiger partial charge in [-0.1, -0.05) is 13.3 Å². The van der Waals surface area contributed by atoms with Crippen molar-refractivity contribution in [1.82, 2.24) is 5.32 Å². The normalized spacial score (nSPS) is 30.4. The van der Waals surface area contributed by atoms with Gasteiger partial charge < -0.3 is 5.32 Å². The van der Waals surface area contributed by atoms with Crippen molar-refractivity contribution in [3.63, 3.8) is 0 Å². The Balaban J connectivity index is 2.13. The summed E-state index contributed by atoms with van der Waals surface area (Å²) in [6.45, 7) is 3.35. The van der Waals surface area contributed by atoms with Gasteiger partial charge in [0.15, 0.2) is 0 Å². The van der Waals surface area contributed by atoms with Gasteiger partial charge in [-0.15, -0.1) is 0 Å². The lowest BCUT2D eigenvalue weighted by Gasteiger charge is -2.21. The van der Waals surface area contributed by atoms with Crippen LogP contribution in [0.4, 0.5) is 0 Å². The van der Waals surface area contributed by atoms with Crippen LogP contribution in [0.3, 0.4) is 0 Å². The Kier molecular flexibility index (Phi) is 2.34. The first kappa shape index (κ1) is 6.09. The fourth-order valence-electron chi connectivity index (χ4n) is 1.16. The first-order valence-corrected chi connectivity index (χ1v) is 3.46. The summed E-state index contributed by atoms with van der Waals surface area (Å²) in [7, 11) is 0. The molecule has 1 N–H and O–H groups in total. The van der Waals surface area contributed by atoms with Crippen LogP contribution in [0.1, 0.15) is 26.2 Å². The molecule has 0 aliphatic carbocycles. The van der Waals surface area contributed by atoms with Crippen LogP contribution in [0, 0.1) is 6.42 Å². The smallest absolute Gasteiger partial charge is 0.00958 e. The van der Waals surface area contributed by atoms with Crippen molar-refractivity contribution in [3.05, 3.63) is 6.42 Å². The SMILES string of the molecule is C[CH]C1CCCCN1. The zero-order chi connectivity index (χ0) is 5.82. The second-order valence-electron chi connectivity index (χ2n) is 2.39. The minimum Gasteiger partial charge on any atom is -0.314 e. The van der Waals surface area contributed by atoms with Crippen molar-refractivity contribution in [1.29, 1.82) is 0 Å². The summed E-state index contributed by atoms with van der Waals surface area (Å²) in [5.41, 5.74) is 0. The average molecular weight is 112 g/mol. The molecule has 1 heteroatoms. The van der Waals surface area contributed by atoms with E-state index in [1.165, 1.54) is 25.8 Å². The van der Waals surface area contributed by atoms with Gasteiger partial charge in [0.2, 0.25) is 0 Å². The Labute approximate surface area is 51.5 Å². The van der Waals surface area contributed by atoms with Crippen molar-refractivity contribution >= 4 is 0 Å². The van der Waals surface area contributed by atoms with E-state index < -0.39 is 0 Å². The second-order valence-corrected chi connectivity index (χ2v) is 2.39. The van der Waals surface area contributed by atoms with Crippen LogP contribution in [-0.2, 0) is 0 Å². The molecular weight excluding hydrogens is 98.1 g/mol.